The second-order valence-corrected chi connectivity index (χ2v) is 8.65. The molecule has 3 fully saturated rings. The van der Waals surface area contributed by atoms with Gasteiger partial charge in [-0.05, 0) is 76.9 Å². The third-order valence-corrected chi connectivity index (χ3v) is 6.53. The number of carbonyl (C=O) groups excluding carboxylic acids is 1. The number of amides is 1. The van der Waals surface area contributed by atoms with E-state index in [4.69, 9.17) is 0 Å². The Morgan fingerprint density at radius 3 is 2.48 bits per heavy atom. The molecular formula is C21H39N5O. The highest BCUT2D eigenvalue weighted by Crippen LogP contribution is 2.26. The molecule has 0 bridgehead atoms. The van der Waals surface area contributed by atoms with Crippen molar-refractivity contribution in [1.82, 2.24) is 20.9 Å². The quantitative estimate of drug-likeness (QED) is 0.469. The summed E-state index contributed by atoms with van der Waals surface area (Å²) < 4.78 is 0. The average Bonchev–Trinajstić information content (AvgIpc) is 3.52. The Kier molecular flexibility index (Phi) is 7.80. The number of carbonyl (C=O) groups is 1. The molecule has 6 heteroatoms. The van der Waals surface area contributed by atoms with E-state index in [1.807, 2.05) is 7.05 Å². The molecule has 1 amide bonds. The number of guanidine groups is 1. The second kappa shape index (κ2) is 10.3. The molecular weight excluding hydrogens is 338 g/mol. The number of piperidine rings is 1. The fourth-order valence-corrected chi connectivity index (χ4v) is 4.48. The smallest absolute Gasteiger partial charge is 0.223 e. The van der Waals surface area contributed by atoms with Gasteiger partial charge in [-0.25, -0.2) is 0 Å². The highest BCUT2D eigenvalue weighted by molar-refractivity contribution is 5.81. The summed E-state index contributed by atoms with van der Waals surface area (Å²) in [5, 5.41) is 10.2. The minimum Gasteiger partial charge on any atom is -0.356 e. The molecule has 2 unspecified atom stereocenters. The lowest BCUT2D eigenvalue weighted by Crippen LogP contribution is -2.47. The van der Waals surface area contributed by atoms with Crippen LogP contribution in [0.2, 0.25) is 0 Å². The number of aliphatic imine (C=N–C) groups is 1. The van der Waals surface area contributed by atoms with Gasteiger partial charge < -0.3 is 20.9 Å². The van der Waals surface area contributed by atoms with Gasteiger partial charge in [-0.15, -0.1) is 0 Å². The van der Waals surface area contributed by atoms with Crippen LogP contribution in [0, 0.1) is 11.8 Å². The van der Waals surface area contributed by atoms with Crippen molar-refractivity contribution in [2.75, 3.05) is 33.2 Å². The molecule has 0 radical (unpaired) electrons. The molecule has 1 saturated heterocycles. The zero-order chi connectivity index (χ0) is 19.1. The zero-order valence-corrected chi connectivity index (χ0v) is 17.3. The summed E-state index contributed by atoms with van der Waals surface area (Å²) in [5.74, 6) is 2.17. The monoisotopic (exact) mass is 377 g/mol. The molecule has 27 heavy (non-hydrogen) atoms. The van der Waals surface area contributed by atoms with Gasteiger partial charge in [0.05, 0.1) is 0 Å². The van der Waals surface area contributed by atoms with Gasteiger partial charge in [0.2, 0.25) is 5.91 Å². The fraction of sp³-hybridized carbons (Fsp3) is 0.905. The predicted octanol–water partition coefficient (Wildman–Crippen LogP) is 2.11. The lowest BCUT2D eigenvalue weighted by molar-refractivity contribution is -0.126. The average molecular weight is 378 g/mol. The van der Waals surface area contributed by atoms with Crippen LogP contribution in [0.5, 0.6) is 0 Å². The van der Waals surface area contributed by atoms with Crippen LogP contribution in [0.1, 0.15) is 64.7 Å². The van der Waals surface area contributed by atoms with Crippen LogP contribution in [0.25, 0.3) is 0 Å². The van der Waals surface area contributed by atoms with Crippen LogP contribution in [0.3, 0.4) is 0 Å². The van der Waals surface area contributed by atoms with Crippen molar-refractivity contribution in [1.29, 1.82) is 0 Å². The number of likely N-dealkylation sites (tertiary alicyclic amines) is 1. The maximum Gasteiger partial charge on any atom is 0.223 e. The van der Waals surface area contributed by atoms with Gasteiger partial charge in [-0.2, -0.15) is 0 Å². The molecule has 1 aliphatic heterocycles. The van der Waals surface area contributed by atoms with Crippen LogP contribution in [0.4, 0.5) is 0 Å². The molecule has 154 valence electrons. The topological polar surface area (TPSA) is 68.8 Å². The van der Waals surface area contributed by atoms with Gasteiger partial charge in [0.25, 0.3) is 0 Å². The maximum absolute atomic E-state index is 12.4. The molecule has 1 heterocycles. The van der Waals surface area contributed by atoms with E-state index in [9.17, 15) is 4.79 Å². The summed E-state index contributed by atoms with van der Waals surface area (Å²) >= 11 is 0. The standard InChI is InChI=1S/C21H39N5O/c1-3-26-13-10-16(11-14-26)9-12-23-21(22-2)25-19-6-4-5-17(15-19)20(27)24-18-7-8-18/h16-19H,3-15H2,1-2H3,(H,24,27)(H2,22,23,25). The van der Waals surface area contributed by atoms with E-state index in [1.165, 1.54) is 38.9 Å². The Balaban J connectivity index is 1.34. The number of nitrogens with one attached hydrogen (secondary N) is 3. The molecule has 6 nitrogen and oxygen atoms in total. The van der Waals surface area contributed by atoms with E-state index >= 15 is 0 Å². The Labute approximate surface area is 164 Å². The van der Waals surface area contributed by atoms with Crippen LogP contribution < -0.4 is 16.0 Å². The van der Waals surface area contributed by atoms with Crippen LogP contribution >= 0.6 is 0 Å². The van der Waals surface area contributed by atoms with Gasteiger partial charge >= 0.3 is 0 Å². The summed E-state index contributed by atoms with van der Waals surface area (Å²) in [6, 6.07) is 0.817. The zero-order valence-electron chi connectivity index (χ0n) is 17.3. The van der Waals surface area contributed by atoms with E-state index in [0.717, 1.165) is 56.9 Å². The third kappa shape index (κ3) is 6.66. The number of nitrogens with zero attached hydrogens (tertiary/aromatic N) is 2. The highest BCUT2D eigenvalue weighted by Gasteiger charge is 2.31. The van der Waals surface area contributed by atoms with E-state index < -0.39 is 0 Å². The van der Waals surface area contributed by atoms with E-state index in [0.29, 0.717) is 12.1 Å². The number of rotatable bonds is 7. The first-order valence-electron chi connectivity index (χ1n) is 11.2. The minimum absolute atomic E-state index is 0.165. The molecule has 3 aliphatic rings. The minimum atomic E-state index is 0.165. The Morgan fingerprint density at radius 2 is 1.81 bits per heavy atom. The molecule has 2 atom stereocenters. The maximum atomic E-state index is 12.4. The summed E-state index contributed by atoms with van der Waals surface area (Å²) in [5.41, 5.74) is 0. The molecule has 2 aliphatic carbocycles. The van der Waals surface area contributed by atoms with Crippen molar-refractivity contribution in [3.8, 4) is 0 Å². The lowest BCUT2D eigenvalue weighted by Gasteiger charge is -2.32. The molecule has 3 N–H and O–H groups in total. The fourth-order valence-electron chi connectivity index (χ4n) is 4.48. The summed E-state index contributed by atoms with van der Waals surface area (Å²) in [6.45, 7) is 6.92. The van der Waals surface area contributed by atoms with Crippen LogP contribution in [-0.2, 0) is 4.79 Å². The Hall–Kier alpha value is -1.30. The first kappa shape index (κ1) is 20.4. The van der Waals surface area contributed by atoms with Crippen molar-refractivity contribution >= 4 is 11.9 Å². The summed E-state index contributed by atoms with van der Waals surface area (Å²) in [6.07, 6.45) is 10.4. The van der Waals surface area contributed by atoms with Crippen molar-refractivity contribution < 1.29 is 4.79 Å². The summed E-state index contributed by atoms with van der Waals surface area (Å²) in [7, 11) is 1.84. The molecule has 0 spiro atoms. The molecule has 3 rings (SSSR count). The van der Waals surface area contributed by atoms with Crippen molar-refractivity contribution in [2.45, 2.75) is 76.8 Å². The van der Waals surface area contributed by atoms with Crippen molar-refractivity contribution in [2.24, 2.45) is 16.8 Å². The second-order valence-electron chi connectivity index (χ2n) is 8.65. The normalized spacial score (nSPS) is 28.0. The van der Waals surface area contributed by atoms with E-state index in [-0.39, 0.29) is 11.8 Å². The molecule has 2 saturated carbocycles. The summed E-state index contributed by atoms with van der Waals surface area (Å²) in [4.78, 5) is 19.3. The Bertz CT molecular complexity index is 497. The van der Waals surface area contributed by atoms with Gasteiger partial charge in [-0.1, -0.05) is 13.3 Å². The molecule has 0 aromatic heterocycles. The number of hydrogen-bond acceptors (Lipinski definition) is 3. The Morgan fingerprint density at radius 1 is 1.04 bits per heavy atom. The van der Waals surface area contributed by atoms with Crippen molar-refractivity contribution in [3.05, 3.63) is 0 Å². The molecule has 0 aromatic carbocycles. The molecule has 0 aromatic rings. The SMILES string of the molecule is CCN1CCC(CCNC(=NC)NC2CCCC(C(=O)NC3CC3)C2)CC1. The van der Waals surface area contributed by atoms with Gasteiger partial charge in [0.15, 0.2) is 5.96 Å². The largest absolute Gasteiger partial charge is 0.356 e. The van der Waals surface area contributed by atoms with Crippen LogP contribution in [-0.4, -0.2) is 62.1 Å². The van der Waals surface area contributed by atoms with Crippen molar-refractivity contribution in [3.63, 3.8) is 0 Å². The van der Waals surface area contributed by atoms with E-state index in [2.05, 4.69) is 32.8 Å². The predicted molar refractivity (Wildman–Crippen MR) is 111 cm³/mol. The first-order valence-corrected chi connectivity index (χ1v) is 11.2. The van der Waals surface area contributed by atoms with Gasteiger partial charge in [0.1, 0.15) is 0 Å². The van der Waals surface area contributed by atoms with E-state index in [1.54, 1.807) is 0 Å². The first-order chi connectivity index (χ1) is 13.2. The van der Waals surface area contributed by atoms with Crippen LogP contribution in [0.15, 0.2) is 4.99 Å². The highest BCUT2D eigenvalue weighted by atomic mass is 16.2. The van der Waals surface area contributed by atoms with Gasteiger partial charge in [0, 0.05) is 31.6 Å². The third-order valence-electron chi connectivity index (χ3n) is 6.53. The number of hydrogen-bond donors (Lipinski definition) is 3. The van der Waals surface area contributed by atoms with Gasteiger partial charge in [-0.3, -0.25) is 9.79 Å². The lowest BCUT2D eigenvalue weighted by atomic mass is 9.85.